The van der Waals surface area contributed by atoms with Gasteiger partial charge < -0.3 is 10.5 Å². The fourth-order valence-corrected chi connectivity index (χ4v) is 2.51. The van der Waals surface area contributed by atoms with Crippen LogP contribution in [-0.4, -0.2) is 13.2 Å². The van der Waals surface area contributed by atoms with Gasteiger partial charge in [-0.2, -0.15) is 0 Å². The summed E-state index contributed by atoms with van der Waals surface area (Å²) >= 11 is 6.16. The molecule has 1 heterocycles. The molecule has 0 radical (unpaired) electrons. The number of benzene rings is 1. The van der Waals surface area contributed by atoms with Crippen LogP contribution in [0.25, 0.3) is 0 Å². The summed E-state index contributed by atoms with van der Waals surface area (Å²) in [4.78, 5) is 0. The zero-order valence-corrected chi connectivity index (χ0v) is 9.68. The average Bonchev–Trinajstić information content (AvgIpc) is 2.19. The van der Waals surface area contributed by atoms with Gasteiger partial charge in [-0.15, -0.1) is 0 Å². The Kier molecular flexibility index (Phi) is 3.17. The molecule has 1 aliphatic rings. The summed E-state index contributed by atoms with van der Waals surface area (Å²) in [6.07, 6.45) is 2.06. The maximum absolute atomic E-state index is 6.16. The summed E-state index contributed by atoms with van der Waals surface area (Å²) < 4.78 is 5.61. The molecule has 2 rings (SSSR count). The lowest BCUT2D eigenvalue weighted by Crippen LogP contribution is -2.17. The molecule has 15 heavy (non-hydrogen) atoms. The summed E-state index contributed by atoms with van der Waals surface area (Å²) in [7, 11) is 0. The molecule has 82 valence electrons. The highest BCUT2D eigenvalue weighted by molar-refractivity contribution is 6.32. The molecule has 2 nitrogen and oxygen atoms in total. The van der Waals surface area contributed by atoms with E-state index >= 15 is 0 Å². The number of fused-ring (bicyclic) bond motifs is 1. The van der Waals surface area contributed by atoms with E-state index in [1.807, 2.05) is 6.07 Å². The number of hydrogen-bond acceptors (Lipinski definition) is 2. The number of halogens is 1. The Morgan fingerprint density at radius 3 is 3.07 bits per heavy atom. The average molecular weight is 226 g/mol. The topological polar surface area (TPSA) is 35.2 Å². The SMILES string of the molecule is Cc1cc(Cl)c2c(c1)C(CCN)CCO2. The Labute approximate surface area is 95.4 Å². The van der Waals surface area contributed by atoms with Gasteiger partial charge >= 0.3 is 0 Å². The number of hydrogen-bond donors (Lipinski definition) is 1. The molecule has 1 aromatic rings. The van der Waals surface area contributed by atoms with Crippen LogP contribution in [0.1, 0.15) is 29.9 Å². The van der Waals surface area contributed by atoms with Crippen molar-refractivity contribution < 1.29 is 4.74 Å². The monoisotopic (exact) mass is 225 g/mol. The Balaban J connectivity index is 2.41. The first-order chi connectivity index (χ1) is 7.22. The summed E-state index contributed by atoms with van der Waals surface area (Å²) in [6.45, 7) is 3.52. The second-order valence-corrected chi connectivity index (χ2v) is 4.48. The molecule has 0 spiro atoms. The van der Waals surface area contributed by atoms with Crippen molar-refractivity contribution in [2.24, 2.45) is 5.73 Å². The van der Waals surface area contributed by atoms with Gasteiger partial charge in [0.25, 0.3) is 0 Å². The second-order valence-electron chi connectivity index (χ2n) is 4.08. The van der Waals surface area contributed by atoms with Crippen LogP contribution >= 0.6 is 11.6 Å². The lowest BCUT2D eigenvalue weighted by atomic mass is 9.89. The molecule has 0 fully saturated rings. The summed E-state index contributed by atoms with van der Waals surface area (Å²) in [6, 6.07) is 4.12. The van der Waals surface area contributed by atoms with Crippen LogP contribution in [0.3, 0.4) is 0 Å². The highest BCUT2D eigenvalue weighted by Gasteiger charge is 2.23. The van der Waals surface area contributed by atoms with E-state index in [4.69, 9.17) is 22.1 Å². The van der Waals surface area contributed by atoms with Gasteiger partial charge in [-0.3, -0.25) is 0 Å². The molecule has 0 bridgehead atoms. The van der Waals surface area contributed by atoms with Crippen molar-refractivity contribution in [2.45, 2.75) is 25.7 Å². The molecular weight excluding hydrogens is 210 g/mol. The predicted octanol–water partition coefficient (Wildman–Crippen LogP) is 2.86. The van der Waals surface area contributed by atoms with Crippen LogP contribution < -0.4 is 10.5 Å². The van der Waals surface area contributed by atoms with E-state index in [1.54, 1.807) is 0 Å². The van der Waals surface area contributed by atoms with Crippen molar-refractivity contribution in [1.29, 1.82) is 0 Å². The third-order valence-electron chi connectivity index (χ3n) is 2.88. The molecule has 0 aliphatic carbocycles. The first-order valence-corrected chi connectivity index (χ1v) is 5.73. The van der Waals surface area contributed by atoms with Crippen molar-refractivity contribution in [3.8, 4) is 5.75 Å². The number of nitrogens with two attached hydrogens (primary N) is 1. The van der Waals surface area contributed by atoms with Gasteiger partial charge in [0, 0.05) is 0 Å². The van der Waals surface area contributed by atoms with Crippen LogP contribution in [0.2, 0.25) is 5.02 Å². The van der Waals surface area contributed by atoms with Crippen molar-refractivity contribution >= 4 is 11.6 Å². The van der Waals surface area contributed by atoms with Crippen molar-refractivity contribution in [1.82, 2.24) is 0 Å². The molecule has 2 N–H and O–H groups in total. The van der Waals surface area contributed by atoms with E-state index < -0.39 is 0 Å². The molecule has 1 aliphatic heterocycles. The normalized spacial score (nSPS) is 19.5. The number of aryl methyl sites for hydroxylation is 1. The van der Waals surface area contributed by atoms with Crippen LogP contribution in [0.4, 0.5) is 0 Å². The zero-order chi connectivity index (χ0) is 10.8. The molecule has 3 heteroatoms. The minimum atomic E-state index is 0.510. The van der Waals surface area contributed by atoms with E-state index in [9.17, 15) is 0 Å². The highest BCUT2D eigenvalue weighted by Crippen LogP contribution is 2.40. The fourth-order valence-electron chi connectivity index (χ4n) is 2.17. The standard InChI is InChI=1S/C12H16ClNO/c1-8-6-10-9(2-4-14)3-5-15-12(10)11(13)7-8/h6-7,9H,2-5,14H2,1H3. The smallest absolute Gasteiger partial charge is 0.141 e. The molecule has 1 atom stereocenters. The summed E-state index contributed by atoms with van der Waals surface area (Å²) in [5.74, 6) is 1.38. The molecule has 0 aromatic heterocycles. The Hall–Kier alpha value is -0.730. The van der Waals surface area contributed by atoms with Gasteiger partial charge in [0.1, 0.15) is 5.75 Å². The van der Waals surface area contributed by atoms with Gasteiger partial charge in [-0.1, -0.05) is 17.7 Å². The minimum Gasteiger partial charge on any atom is -0.492 e. The largest absolute Gasteiger partial charge is 0.492 e. The maximum Gasteiger partial charge on any atom is 0.141 e. The lowest BCUT2D eigenvalue weighted by Gasteiger charge is -2.26. The fraction of sp³-hybridized carbons (Fsp3) is 0.500. The number of rotatable bonds is 2. The molecule has 1 aromatic carbocycles. The van der Waals surface area contributed by atoms with E-state index in [2.05, 4.69) is 13.0 Å². The Bertz CT molecular complexity index is 365. The van der Waals surface area contributed by atoms with Gasteiger partial charge in [-0.05, 0) is 49.4 Å². The zero-order valence-electron chi connectivity index (χ0n) is 8.92. The highest BCUT2D eigenvalue weighted by atomic mass is 35.5. The Morgan fingerprint density at radius 2 is 2.33 bits per heavy atom. The van der Waals surface area contributed by atoms with Gasteiger partial charge in [0.05, 0.1) is 11.6 Å². The quantitative estimate of drug-likeness (QED) is 0.840. The lowest BCUT2D eigenvalue weighted by molar-refractivity contribution is 0.264. The van der Waals surface area contributed by atoms with E-state index in [0.717, 1.165) is 36.8 Å². The van der Waals surface area contributed by atoms with E-state index in [1.165, 1.54) is 11.1 Å². The second kappa shape index (κ2) is 4.42. The van der Waals surface area contributed by atoms with Crippen molar-refractivity contribution in [2.75, 3.05) is 13.2 Å². The van der Waals surface area contributed by atoms with Crippen LogP contribution in [0.15, 0.2) is 12.1 Å². The van der Waals surface area contributed by atoms with Crippen molar-refractivity contribution in [3.63, 3.8) is 0 Å². The predicted molar refractivity (Wildman–Crippen MR) is 62.7 cm³/mol. The van der Waals surface area contributed by atoms with Crippen LogP contribution in [0, 0.1) is 6.92 Å². The third kappa shape index (κ3) is 2.11. The maximum atomic E-state index is 6.16. The van der Waals surface area contributed by atoms with Gasteiger partial charge in [0.2, 0.25) is 0 Å². The summed E-state index contributed by atoms with van der Waals surface area (Å²) in [5, 5.41) is 0.728. The van der Waals surface area contributed by atoms with Gasteiger partial charge in [-0.25, -0.2) is 0 Å². The van der Waals surface area contributed by atoms with E-state index in [0.29, 0.717) is 5.92 Å². The van der Waals surface area contributed by atoms with Crippen LogP contribution in [-0.2, 0) is 0 Å². The minimum absolute atomic E-state index is 0.510. The third-order valence-corrected chi connectivity index (χ3v) is 3.17. The van der Waals surface area contributed by atoms with Crippen LogP contribution in [0.5, 0.6) is 5.75 Å². The number of ether oxygens (including phenoxy) is 1. The van der Waals surface area contributed by atoms with E-state index in [-0.39, 0.29) is 0 Å². The molecule has 0 amide bonds. The molecule has 0 saturated carbocycles. The Morgan fingerprint density at radius 1 is 1.53 bits per heavy atom. The van der Waals surface area contributed by atoms with Gasteiger partial charge in [0.15, 0.2) is 0 Å². The summed E-state index contributed by atoms with van der Waals surface area (Å²) in [5.41, 5.74) is 8.04. The first kappa shape index (κ1) is 10.8. The molecule has 0 saturated heterocycles. The van der Waals surface area contributed by atoms with Crippen molar-refractivity contribution in [3.05, 3.63) is 28.3 Å². The first-order valence-electron chi connectivity index (χ1n) is 5.35. The molecule has 1 unspecified atom stereocenters. The molecular formula is C12H16ClNO.